The van der Waals surface area contributed by atoms with Crippen LogP contribution in [-0.2, 0) is 6.42 Å². The maximum atomic E-state index is 13.6. The summed E-state index contributed by atoms with van der Waals surface area (Å²) in [5, 5.41) is 1.01. The largest absolute Gasteiger partial charge is 0.356 e. The maximum Gasteiger partial charge on any atom is 0.147 e. The van der Waals surface area contributed by atoms with Crippen LogP contribution in [0.5, 0.6) is 0 Å². The summed E-state index contributed by atoms with van der Waals surface area (Å²) < 4.78 is 13.6. The summed E-state index contributed by atoms with van der Waals surface area (Å²) in [6, 6.07) is 5.24. The molecule has 0 amide bonds. The molecule has 0 atom stereocenters. The average molecular weight is 232 g/mol. The lowest BCUT2D eigenvalue weighted by atomic mass is 10.0. The summed E-state index contributed by atoms with van der Waals surface area (Å²) in [6.07, 6.45) is 4.19. The zero-order chi connectivity index (χ0) is 12.0. The number of hydrogen-bond donors (Lipinski definition) is 2. The van der Waals surface area contributed by atoms with Gasteiger partial charge in [0, 0.05) is 16.6 Å². The number of fused-ring (bicyclic) bond motifs is 1. The second-order valence-electron chi connectivity index (χ2n) is 5.25. The number of hydrogen-bond acceptors (Lipinski definition) is 1. The molecule has 0 radical (unpaired) electrons. The molecule has 1 aliphatic rings. The molecule has 1 fully saturated rings. The van der Waals surface area contributed by atoms with Crippen LogP contribution in [0.1, 0.15) is 30.5 Å². The maximum absolute atomic E-state index is 13.6. The van der Waals surface area contributed by atoms with Crippen LogP contribution in [0.4, 0.5) is 4.39 Å². The summed E-state index contributed by atoms with van der Waals surface area (Å²) in [4.78, 5) is 3.14. The van der Waals surface area contributed by atoms with E-state index in [1.165, 1.54) is 11.6 Å². The molecule has 0 spiro atoms. The van der Waals surface area contributed by atoms with Crippen LogP contribution in [0.3, 0.4) is 0 Å². The standard InChI is InChI=1S/C14H17FN2/c1-9-10(5-6-14(16)7-8-14)11-3-2-4-12(15)13(11)17-9/h2-4,17H,5-8,16H2,1H3. The molecule has 0 unspecified atom stereocenters. The third kappa shape index (κ3) is 1.84. The van der Waals surface area contributed by atoms with Gasteiger partial charge in [0.25, 0.3) is 0 Å². The molecule has 0 bridgehead atoms. The zero-order valence-corrected chi connectivity index (χ0v) is 10.0. The third-order valence-corrected chi connectivity index (χ3v) is 3.87. The molecule has 1 saturated carbocycles. The Morgan fingerprint density at radius 1 is 1.41 bits per heavy atom. The summed E-state index contributed by atoms with van der Waals surface area (Å²) >= 11 is 0. The number of nitrogens with two attached hydrogens (primary N) is 1. The van der Waals surface area contributed by atoms with E-state index in [0.717, 1.165) is 36.8 Å². The summed E-state index contributed by atoms with van der Waals surface area (Å²) in [5.74, 6) is -0.175. The molecule has 17 heavy (non-hydrogen) atoms. The van der Waals surface area contributed by atoms with Crippen molar-refractivity contribution in [1.29, 1.82) is 0 Å². The van der Waals surface area contributed by atoms with E-state index in [2.05, 4.69) is 4.98 Å². The van der Waals surface area contributed by atoms with Gasteiger partial charge in [-0.3, -0.25) is 0 Å². The fourth-order valence-electron chi connectivity index (χ4n) is 2.47. The van der Waals surface area contributed by atoms with Crippen molar-refractivity contribution >= 4 is 10.9 Å². The molecule has 2 nitrogen and oxygen atoms in total. The van der Waals surface area contributed by atoms with Crippen molar-refractivity contribution in [3.8, 4) is 0 Å². The Balaban J connectivity index is 1.97. The van der Waals surface area contributed by atoms with Crippen LogP contribution in [0.15, 0.2) is 18.2 Å². The number of para-hydroxylation sites is 1. The number of nitrogens with one attached hydrogen (secondary N) is 1. The molecule has 0 saturated heterocycles. The van der Waals surface area contributed by atoms with Gasteiger partial charge in [-0.1, -0.05) is 12.1 Å². The van der Waals surface area contributed by atoms with Crippen LogP contribution in [0, 0.1) is 12.7 Å². The van der Waals surface area contributed by atoms with Gasteiger partial charge in [0.05, 0.1) is 5.52 Å². The molecular weight excluding hydrogens is 215 g/mol. The molecule has 2 aromatic rings. The minimum atomic E-state index is -0.175. The lowest BCUT2D eigenvalue weighted by Gasteiger charge is -2.08. The van der Waals surface area contributed by atoms with Gasteiger partial charge in [0.15, 0.2) is 0 Å². The smallest absolute Gasteiger partial charge is 0.147 e. The van der Waals surface area contributed by atoms with Crippen LogP contribution in [0.2, 0.25) is 0 Å². The van der Waals surface area contributed by atoms with E-state index in [4.69, 9.17) is 5.73 Å². The Hall–Kier alpha value is -1.35. The highest BCUT2D eigenvalue weighted by Gasteiger charge is 2.37. The van der Waals surface area contributed by atoms with E-state index in [0.29, 0.717) is 5.52 Å². The lowest BCUT2D eigenvalue weighted by Crippen LogP contribution is -2.22. The minimum Gasteiger partial charge on any atom is -0.356 e. The quantitative estimate of drug-likeness (QED) is 0.839. The highest BCUT2D eigenvalue weighted by Crippen LogP contribution is 2.37. The number of benzene rings is 1. The Bertz CT molecular complexity index is 567. The number of halogens is 1. The molecule has 3 N–H and O–H groups in total. The second-order valence-corrected chi connectivity index (χ2v) is 5.25. The highest BCUT2D eigenvalue weighted by molar-refractivity contribution is 5.85. The predicted molar refractivity (Wildman–Crippen MR) is 67.5 cm³/mol. The Labute approximate surface area is 100 Å². The Morgan fingerprint density at radius 3 is 2.88 bits per heavy atom. The van der Waals surface area contributed by atoms with E-state index >= 15 is 0 Å². The van der Waals surface area contributed by atoms with Crippen LogP contribution >= 0.6 is 0 Å². The number of aryl methyl sites for hydroxylation is 2. The topological polar surface area (TPSA) is 41.8 Å². The normalized spacial score (nSPS) is 17.6. The first kappa shape index (κ1) is 10.8. The molecule has 1 aromatic heterocycles. The first-order valence-corrected chi connectivity index (χ1v) is 6.14. The van der Waals surface area contributed by atoms with Crippen LogP contribution in [-0.4, -0.2) is 10.5 Å². The molecular formula is C14H17FN2. The minimum absolute atomic E-state index is 0.0589. The predicted octanol–water partition coefficient (Wildman–Crippen LogP) is 3.04. The zero-order valence-electron chi connectivity index (χ0n) is 10.0. The molecule has 1 aliphatic carbocycles. The lowest BCUT2D eigenvalue weighted by molar-refractivity contribution is 0.609. The monoisotopic (exact) mass is 232 g/mol. The van der Waals surface area contributed by atoms with Gasteiger partial charge < -0.3 is 10.7 Å². The number of H-pyrrole nitrogens is 1. The highest BCUT2D eigenvalue weighted by atomic mass is 19.1. The SMILES string of the molecule is Cc1[nH]c2c(F)cccc2c1CCC1(N)CC1. The first-order valence-electron chi connectivity index (χ1n) is 6.14. The fourth-order valence-corrected chi connectivity index (χ4v) is 2.47. The molecule has 0 aliphatic heterocycles. The molecule has 1 heterocycles. The van der Waals surface area contributed by atoms with Crippen molar-refractivity contribution in [2.75, 3.05) is 0 Å². The Morgan fingerprint density at radius 2 is 2.18 bits per heavy atom. The van der Waals surface area contributed by atoms with Crippen molar-refractivity contribution in [3.05, 3.63) is 35.3 Å². The average Bonchev–Trinajstić information content (AvgIpc) is 2.92. The number of aromatic nitrogens is 1. The first-order chi connectivity index (χ1) is 8.09. The van der Waals surface area contributed by atoms with Gasteiger partial charge >= 0.3 is 0 Å². The molecule has 3 heteroatoms. The number of rotatable bonds is 3. The van der Waals surface area contributed by atoms with Crippen molar-refractivity contribution in [3.63, 3.8) is 0 Å². The van der Waals surface area contributed by atoms with Gasteiger partial charge in [0.2, 0.25) is 0 Å². The van der Waals surface area contributed by atoms with Gasteiger partial charge in [-0.2, -0.15) is 0 Å². The molecule has 1 aromatic carbocycles. The second kappa shape index (κ2) is 3.57. The summed E-state index contributed by atoms with van der Waals surface area (Å²) in [7, 11) is 0. The van der Waals surface area contributed by atoms with E-state index < -0.39 is 0 Å². The van der Waals surface area contributed by atoms with Gasteiger partial charge in [-0.05, 0) is 44.2 Å². The van der Waals surface area contributed by atoms with Crippen LogP contribution in [0.25, 0.3) is 10.9 Å². The van der Waals surface area contributed by atoms with E-state index in [-0.39, 0.29) is 11.4 Å². The van der Waals surface area contributed by atoms with E-state index in [1.807, 2.05) is 13.0 Å². The van der Waals surface area contributed by atoms with Gasteiger partial charge in [-0.25, -0.2) is 4.39 Å². The van der Waals surface area contributed by atoms with Crippen molar-refractivity contribution < 1.29 is 4.39 Å². The number of aromatic amines is 1. The fraction of sp³-hybridized carbons (Fsp3) is 0.429. The van der Waals surface area contributed by atoms with E-state index in [1.54, 1.807) is 6.07 Å². The van der Waals surface area contributed by atoms with Crippen molar-refractivity contribution in [1.82, 2.24) is 4.98 Å². The third-order valence-electron chi connectivity index (χ3n) is 3.87. The summed E-state index contributed by atoms with van der Waals surface area (Å²) in [5.41, 5.74) is 9.07. The van der Waals surface area contributed by atoms with Crippen molar-refractivity contribution in [2.45, 2.75) is 38.1 Å². The van der Waals surface area contributed by atoms with Gasteiger partial charge in [0.1, 0.15) is 5.82 Å². The summed E-state index contributed by atoms with van der Waals surface area (Å²) in [6.45, 7) is 2.00. The van der Waals surface area contributed by atoms with E-state index in [9.17, 15) is 4.39 Å². The van der Waals surface area contributed by atoms with Crippen LogP contribution < -0.4 is 5.73 Å². The molecule has 90 valence electrons. The Kier molecular flexibility index (Phi) is 2.26. The molecule has 3 rings (SSSR count). The van der Waals surface area contributed by atoms with Gasteiger partial charge in [-0.15, -0.1) is 0 Å². The van der Waals surface area contributed by atoms with Crippen molar-refractivity contribution in [2.24, 2.45) is 5.73 Å².